The fraction of sp³-hybridized carbons (Fsp3) is 0.583. The number of nitrogens with two attached hydrogens (primary N) is 1. The van der Waals surface area contributed by atoms with Crippen molar-refractivity contribution in [3.63, 3.8) is 0 Å². The molecule has 4 N–H and O–H groups in total. The lowest BCUT2D eigenvalue weighted by atomic mass is 9.98. The van der Waals surface area contributed by atoms with Gasteiger partial charge < -0.3 is 10.4 Å². The molecule has 0 aliphatic rings. The number of aryl methyl sites for hydroxylation is 1. The van der Waals surface area contributed by atoms with Gasteiger partial charge in [0.25, 0.3) is 0 Å². The first kappa shape index (κ1) is 18.1. The molecule has 1 amide bonds. The van der Waals surface area contributed by atoms with E-state index in [0.717, 1.165) is 6.20 Å². The molecule has 0 saturated heterocycles. The summed E-state index contributed by atoms with van der Waals surface area (Å²) in [6.07, 6.45) is 2.72. The Morgan fingerprint density at radius 1 is 1.41 bits per heavy atom. The monoisotopic (exact) mass is 332 g/mol. The second kappa shape index (κ2) is 6.88. The van der Waals surface area contributed by atoms with Crippen LogP contribution in [-0.2, 0) is 26.2 Å². The summed E-state index contributed by atoms with van der Waals surface area (Å²) >= 11 is 0. The molecule has 0 spiro atoms. The van der Waals surface area contributed by atoms with E-state index in [2.05, 4.69) is 10.4 Å². The lowest BCUT2D eigenvalue weighted by Crippen LogP contribution is -2.44. The molecule has 9 nitrogen and oxygen atoms in total. The van der Waals surface area contributed by atoms with Gasteiger partial charge in [-0.05, 0) is 20.3 Å². The number of nitrogens with zero attached hydrogens (tertiary/aromatic N) is 2. The van der Waals surface area contributed by atoms with Crippen molar-refractivity contribution in [1.29, 1.82) is 0 Å². The lowest BCUT2D eigenvalue weighted by Gasteiger charge is -2.25. The molecule has 0 fully saturated rings. The number of nitrogens with one attached hydrogen (secondary N) is 1. The Labute approximate surface area is 128 Å². The van der Waals surface area contributed by atoms with E-state index < -0.39 is 21.5 Å². The predicted molar refractivity (Wildman–Crippen MR) is 77.3 cm³/mol. The maximum absolute atomic E-state index is 11.8. The summed E-state index contributed by atoms with van der Waals surface area (Å²) in [6, 6.07) is 0. The van der Waals surface area contributed by atoms with E-state index in [4.69, 9.17) is 10.2 Å². The highest BCUT2D eigenvalue weighted by Crippen LogP contribution is 2.11. The van der Waals surface area contributed by atoms with Gasteiger partial charge in [-0.3, -0.25) is 14.3 Å². The van der Waals surface area contributed by atoms with Gasteiger partial charge in [-0.15, -0.1) is 0 Å². The van der Waals surface area contributed by atoms with Gasteiger partial charge >= 0.3 is 5.97 Å². The molecule has 1 aromatic rings. The Morgan fingerprint density at radius 2 is 2.05 bits per heavy atom. The Balaban J connectivity index is 2.49. The van der Waals surface area contributed by atoms with Crippen molar-refractivity contribution in [2.45, 2.75) is 50.1 Å². The van der Waals surface area contributed by atoms with Crippen molar-refractivity contribution in [3.8, 4) is 0 Å². The maximum atomic E-state index is 11.8. The minimum Gasteiger partial charge on any atom is -0.481 e. The van der Waals surface area contributed by atoms with E-state index in [-0.39, 0.29) is 30.2 Å². The minimum atomic E-state index is -3.80. The van der Waals surface area contributed by atoms with Crippen LogP contribution < -0.4 is 10.5 Å². The van der Waals surface area contributed by atoms with Crippen molar-refractivity contribution < 1.29 is 23.1 Å². The molecule has 0 unspecified atom stereocenters. The number of hydrogen-bond donors (Lipinski definition) is 3. The molecule has 1 rings (SSSR count). The van der Waals surface area contributed by atoms with E-state index in [1.165, 1.54) is 10.9 Å². The van der Waals surface area contributed by atoms with Crippen molar-refractivity contribution in [2.24, 2.45) is 5.14 Å². The third kappa shape index (κ3) is 6.22. The van der Waals surface area contributed by atoms with Crippen LogP contribution >= 0.6 is 0 Å². The first-order valence-corrected chi connectivity index (χ1v) is 8.12. The standard InChI is InChI=1S/C12H20N4O5S/c1-12(2,5-3-11(18)19)15-10(17)4-6-16-8-9(7-14-16)22(13,20)21/h7-8H,3-6H2,1-2H3,(H,15,17)(H,18,19)(H2,13,20,21). The molecule has 0 radical (unpaired) electrons. The normalized spacial score (nSPS) is 12.1. The maximum Gasteiger partial charge on any atom is 0.303 e. The smallest absolute Gasteiger partial charge is 0.303 e. The van der Waals surface area contributed by atoms with Gasteiger partial charge in [0.05, 0.1) is 6.20 Å². The summed E-state index contributed by atoms with van der Waals surface area (Å²) in [7, 11) is -3.80. The number of amides is 1. The van der Waals surface area contributed by atoms with Crippen LogP contribution in [0, 0.1) is 0 Å². The van der Waals surface area contributed by atoms with Crippen LogP contribution in [0.3, 0.4) is 0 Å². The Morgan fingerprint density at radius 3 is 2.55 bits per heavy atom. The van der Waals surface area contributed by atoms with Gasteiger partial charge in [-0.25, -0.2) is 13.6 Å². The molecule has 22 heavy (non-hydrogen) atoms. The molecule has 0 aliphatic carbocycles. The van der Waals surface area contributed by atoms with E-state index in [1.807, 2.05) is 0 Å². The van der Waals surface area contributed by atoms with E-state index in [9.17, 15) is 18.0 Å². The number of carboxylic acid groups (broad SMARTS) is 1. The van der Waals surface area contributed by atoms with Crippen LogP contribution in [0.15, 0.2) is 17.3 Å². The zero-order valence-corrected chi connectivity index (χ0v) is 13.3. The summed E-state index contributed by atoms with van der Waals surface area (Å²) in [5.74, 6) is -1.20. The van der Waals surface area contributed by atoms with Crippen LogP contribution in [0.2, 0.25) is 0 Å². The highest BCUT2D eigenvalue weighted by atomic mass is 32.2. The highest BCUT2D eigenvalue weighted by Gasteiger charge is 2.21. The number of primary sulfonamides is 1. The number of carboxylic acids is 1. The topological polar surface area (TPSA) is 144 Å². The zero-order chi connectivity index (χ0) is 17.0. The SMILES string of the molecule is CC(C)(CCC(=O)O)NC(=O)CCn1cc(S(N)(=O)=O)cn1. The van der Waals surface area contributed by atoms with Gasteiger partial charge in [0, 0.05) is 31.1 Å². The van der Waals surface area contributed by atoms with Crippen molar-refractivity contribution in [2.75, 3.05) is 0 Å². The lowest BCUT2D eigenvalue weighted by molar-refractivity contribution is -0.137. The number of aromatic nitrogens is 2. The van der Waals surface area contributed by atoms with Crippen molar-refractivity contribution >= 4 is 21.9 Å². The summed E-state index contributed by atoms with van der Waals surface area (Å²) in [4.78, 5) is 22.3. The zero-order valence-electron chi connectivity index (χ0n) is 12.4. The van der Waals surface area contributed by atoms with Gasteiger partial charge in [0.15, 0.2) is 0 Å². The summed E-state index contributed by atoms with van der Waals surface area (Å²) in [5.41, 5.74) is -0.634. The predicted octanol–water partition coefficient (Wildman–Crippen LogP) is -0.320. The quantitative estimate of drug-likeness (QED) is 0.595. The molecule has 1 aromatic heterocycles. The number of sulfonamides is 1. The van der Waals surface area contributed by atoms with Crippen LogP contribution in [-0.4, -0.2) is 40.7 Å². The van der Waals surface area contributed by atoms with Gasteiger partial charge in [0.2, 0.25) is 15.9 Å². The Bertz CT molecular complexity index is 650. The van der Waals surface area contributed by atoms with Crippen LogP contribution in [0.5, 0.6) is 0 Å². The molecule has 124 valence electrons. The largest absolute Gasteiger partial charge is 0.481 e. The molecule has 0 bridgehead atoms. The molecular formula is C12H20N4O5S. The summed E-state index contributed by atoms with van der Waals surface area (Å²) in [5, 5.41) is 20.1. The van der Waals surface area contributed by atoms with E-state index in [1.54, 1.807) is 13.8 Å². The van der Waals surface area contributed by atoms with Gasteiger partial charge in [-0.2, -0.15) is 5.10 Å². The molecule has 0 atom stereocenters. The minimum absolute atomic E-state index is 0.0375. The fourth-order valence-electron chi connectivity index (χ4n) is 1.75. The fourth-order valence-corrected chi connectivity index (χ4v) is 2.21. The molecule has 1 heterocycles. The molecular weight excluding hydrogens is 312 g/mol. The Hall–Kier alpha value is -1.94. The molecule has 0 saturated carbocycles. The third-order valence-electron chi connectivity index (χ3n) is 2.95. The highest BCUT2D eigenvalue weighted by molar-refractivity contribution is 7.89. The van der Waals surface area contributed by atoms with Crippen molar-refractivity contribution in [3.05, 3.63) is 12.4 Å². The summed E-state index contributed by atoms with van der Waals surface area (Å²) < 4.78 is 23.5. The molecule has 0 aromatic carbocycles. The molecule has 0 aliphatic heterocycles. The van der Waals surface area contributed by atoms with E-state index in [0.29, 0.717) is 6.42 Å². The first-order valence-electron chi connectivity index (χ1n) is 6.58. The van der Waals surface area contributed by atoms with Crippen LogP contribution in [0.1, 0.15) is 33.1 Å². The van der Waals surface area contributed by atoms with E-state index >= 15 is 0 Å². The van der Waals surface area contributed by atoms with Crippen LogP contribution in [0.4, 0.5) is 0 Å². The number of aliphatic carboxylic acids is 1. The van der Waals surface area contributed by atoms with Gasteiger partial charge in [0.1, 0.15) is 4.90 Å². The summed E-state index contributed by atoms with van der Waals surface area (Å²) in [6.45, 7) is 3.66. The number of hydrogen-bond acceptors (Lipinski definition) is 5. The third-order valence-corrected chi connectivity index (χ3v) is 3.82. The first-order chi connectivity index (χ1) is 9.99. The van der Waals surface area contributed by atoms with Crippen molar-refractivity contribution in [1.82, 2.24) is 15.1 Å². The Kier molecular flexibility index (Phi) is 5.66. The van der Waals surface area contributed by atoms with Gasteiger partial charge in [-0.1, -0.05) is 0 Å². The average Bonchev–Trinajstić information content (AvgIpc) is 2.82. The number of carbonyl (C=O) groups is 2. The molecule has 10 heteroatoms. The second-order valence-electron chi connectivity index (χ2n) is 5.56. The number of rotatable bonds is 8. The number of carbonyl (C=O) groups excluding carboxylic acids is 1. The second-order valence-corrected chi connectivity index (χ2v) is 7.12. The van der Waals surface area contributed by atoms with Crippen LogP contribution in [0.25, 0.3) is 0 Å². The average molecular weight is 332 g/mol.